The zero-order chi connectivity index (χ0) is 21.4. The number of esters is 2. The number of aromatic nitrogens is 3. The van der Waals surface area contributed by atoms with Crippen molar-refractivity contribution in [1.82, 2.24) is 15.0 Å². The predicted octanol–water partition coefficient (Wildman–Crippen LogP) is 1.29. The zero-order valence-corrected chi connectivity index (χ0v) is 16.6. The van der Waals surface area contributed by atoms with Crippen molar-refractivity contribution < 1.29 is 33.3 Å². The van der Waals surface area contributed by atoms with E-state index in [0.29, 0.717) is 17.2 Å². The minimum Gasteiger partial charge on any atom is -0.497 e. The molecule has 1 amide bonds. The standard InChI is InChI=1S/C18H22N4O7/c1-5-28-17(24)15-16(18(25)29-6-2)22(21-20-15)10-14(23)19-12-8-7-11(26-3)9-13(12)27-4/h7-9H,5-6,10H2,1-4H3,(H,19,23). The Morgan fingerprint density at radius 1 is 1.03 bits per heavy atom. The molecule has 0 aliphatic carbocycles. The van der Waals surface area contributed by atoms with Crippen molar-refractivity contribution in [3.63, 3.8) is 0 Å². The molecule has 0 aliphatic rings. The van der Waals surface area contributed by atoms with Crippen molar-refractivity contribution in [3.8, 4) is 11.5 Å². The fourth-order valence-electron chi connectivity index (χ4n) is 2.39. The van der Waals surface area contributed by atoms with Gasteiger partial charge in [0, 0.05) is 6.07 Å². The Morgan fingerprint density at radius 2 is 1.72 bits per heavy atom. The molecule has 2 aromatic rings. The first-order valence-corrected chi connectivity index (χ1v) is 8.74. The molecule has 0 saturated heterocycles. The van der Waals surface area contributed by atoms with Crippen LogP contribution in [-0.2, 0) is 20.8 Å². The highest BCUT2D eigenvalue weighted by Gasteiger charge is 2.28. The van der Waals surface area contributed by atoms with Gasteiger partial charge in [-0.15, -0.1) is 5.10 Å². The number of carbonyl (C=O) groups is 3. The lowest BCUT2D eigenvalue weighted by Crippen LogP contribution is -2.24. The highest BCUT2D eigenvalue weighted by atomic mass is 16.5. The van der Waals surface area contributed by atoms with Crippen LogP contribution in [0.25, 0.3) is 0 Å². The van der Waals surface area contributed by atoms with E-state index in [1.165, 1.54) is 14.2 Å². The molecule has 11 heteroatoms. The van der Waals surface area contributed by atoms with Gasteiger partial charge in [0.15, 0.2) is 5.69 Å². The maximum absolute atomic E-state index is 12.5. The van der Waals surface area contributed by atoms with Crippen LogP contribution in [0, 0.1) is 0 Å². The molecule has 0 atom stereocenters. The number of amides is 1. The molecule has 0 spiro atoms. The summed E-state index contributed by atoms with van der Waals surface area (Å²) < 4.78 is 21.1. The van der Waals surface area contributed by atoms with Crippen LogP contribution in [0.2, 0.25) is 0 Å². The molecule has 29 heavy (non-hydrogen) atoms. The van der Waals surface area contributed by atoms with E-state index < -0.39 is 24.4 Å². The van der Waals surface area contributed by atoms with Gasteiger partial charge in [0.25, 0.3) is 0 Å². The Morgan fingerprint density at radius 3 is 2.34 bits per heavy atom. The minimum absolute atomic E-state index is 0.0710. The van der Waals surface area contributed by atoms with Crippen LogP contribution in [0.1, 0.15) is 34.8 Å². The molecule has 0 radical (unpaired) electrons. The summed E-state index contributed by atoms with van der Waals surface area (Å²) in [5.74, 6) is -1.26. The van der Waals surface area contributed by atoms with E-state index >= 15 is 0 Å². The molecule has 0 aliphatic heterocycles. The summed E-state index contributed by atoms with van der Waals surface area (Å²) in [5.41, 5.74) is -0.191. The van der Waals surface area contributed by atoms with E-state index in [4.69, 9.17) is 18.9 Å². The van der Waals surface area contributed by atoms with E-state index in [1.807, 2.05) is 0 Å². The Hall–Kier alpha value is -3.63. The van der Waals surface area contributed by atoms with E-state index in [0.717, 1.165) is 4.68 Å². The minimum atomic E-state index is -0.838. The lowest BCUT2D eigenvalue weighted by Gasteiger charge is -2.12. The maximum Gasteiger partial charge on any atom is 0.361 e. The number of hydrogen-bond donors (Lipinski definition) is 1. The van der Waals surface area contributed by atoms with E-state index in [-0.39, 0.29) is 24.6 Å². The molecule has 156 valence electrons. The summed E-state index contributed by atoms with van der Waals surface area (Å²) in [6.45, 7) is 2.99. The van der Waals surface area contributed by atoms with Gasteiger partial charge in [-0.25, -0.2) is 14.3 Å². The number of benzene rings is 1. The van der Waals surface area contributed by atoms with Crippen LogP contribution in [0.5, 0.6) is 11.5 Å². The van der Waals surface area contributed by atoms with Crippen molar-refractivity contribution in [2.45, 2.75) is 20.4 Å². The van der Waals surface area contributed by atoms with E-state index in [1.54, 1.807) is 32.0 Å². The number of carbonyl (C=O) groups excluding carboxylic acids is 3. The number of rotatable bonds is 9. The summed E-state index contributed by atoms with van der Waals surface area (Å²) in [7, 11) is 2.96. The quantitative estimate of drug-likeness (QED) is 0.612. The average Bonchev–Trinajstić information content (AvgIpc) is 3.12. The number of anilines is 1. The third kappa shape index (κ3) is 5.21. The van der Waals surface area contributed by atoms with Gasteiger partial charge in [-0.2, -0.15) is 0 Å². The highest BCUT2D eigenvalue weighted by molar-refractivity contribution is 6.01. The van der Waals surface area contributed by atoms with Gasteiger partial charge in [0.2, 0.25) is 11.6 Å². The highest BCUT2D eigenvalue weighted by Crippen LogP contribution is 2.29. The SMILES string of the molecule is CCOC(=O)c1nnn(CC(=O)Nc2ccc(OC)cc2OC)c1C(=O)OCC. The second-order valence-corrected chi connectivity index (χ2v) is 5.50. The third-order valence-corrected chi connectivity index (χ3v) is 3.65. The van der Waals surface area contributed by atoms with Gasteiger partial charge in [0.1, 0.15) is 18.0 Å². The van der Waals surface area contributed by atoms with Gasteiger partial charge >= 0.3 is 11.9 Å². The molecule has 1 heterocycles. The smallest absolute Gasteiger partial charge is 0.361 e. The monoisotopic (exact) mass is 406 g/mol. The molecule has 2 rings (SSSR count). The third-order valence-electron chi connectivity index (χ3n) is 3.65. The molecular weight excluding hydrogens is 384 g/mol. The number of methoxy groups -OCH3 is 2. The summed E-state index contributed by atoms with van der Waals surface area (Å²) >= 11 is 0. The number of hydrogen-bond acceptors (Lipinski definition) is 9. The lowest BCUT2D eigenvalue weighted by molar-refractivity contribution is -0.117. The van der Waals surface area contributed by atoms with Crippen LogP contribution < -0.4 is 14.8 Å². The molecule has 0 saturated carbocycles. The van der Waals surface area contributed by atoms with Gasteiger partial charge in [-0.3, -0.25) is 4.79 Å². The van der Waals surface area contributed by atoms with Crippen molar-refractivity contribution in [3.05, 3.63) is 29.6 Å². The largest absolute Gasteiger partial charge is 0.497 e. The van der Waals surface area contributed by atoms with Crippen molar-refractivity contribution in [2.24, 2.45) is 0 Å². The number of nitrogens with one attached hydrogen (secondary N) is 1. The second-order valence-electron chi connectivity index (χ2n) is 5.50. The van der Waals surface area contributed by atoms with Gasteiger partial charge in [0.05, 0.1) is 33.1 Å². The van der Waals surface area contributed by atoms with Crippen molar-refractivity contribution in [1.29, 1.82) is 0 Å². The first-order valence-electron chi connectivity index (χ1n) is 8.74. The first kappa shape index (κ1) is 21.7. The summed E-state index contributed by atoms with van der Waals surface area (Å²) in [5, 5.41) is 10.0. The Bertz CT molecular complexity index is 894. The molecule has 1 aromatic heterocycles. The average molecular weight is 406 g/mol. The summed E-state index contributed by atoms with van der Waals surface area (Å²) in [6.07, 6.45) is 0. The van der Waals surface area contributed by atoms with Crippen LogP contribution >= 0.6 is 0 Å². The van der Waals surface area contributed by atoms with Crippen LogP contribution in [0.15, 0.2) is 18.2 Å². The molecule has 1 N–H and O–H groups in total. The first-order chi connectivity index (χ1) is 13.9. The molecule has 11 nitrogen and oxygen atoms in total. The molecule has 1 aromatic carbocycles. The Labute approximate surface area is 166 Å². The van der Waals surface area contributed by atoms with Crippen LogP contribution in [0.3, 0.4) is 0 Å². The van der Waals surface area contributed by atoms with Gasteiger partial charge < -0.3 is 24.3 Å². The maximum atomic E-state index is 12.5. The number of ether oxygens (including phenoxy) is 4. The van der Waals surface area contributed by atoms with Crippen LogP contribution in [0.4, 0.5) is 5.69 Å². The summed E-state index contributed by atoms with van der Waals surface area (Å²) in [4.78, 5) is 36.8. The van der Waals surface area contributed by atoms with E-state index in [2.05, 4.69) is 15.6 Å². The van der Waals surface area contributed by atoms with Gasteiger partial charge in [-0.1, -0.05) is 5.21 Å². The normalized spacial score (nSPS) is 10.2. The zero-order valence-electron chi connectivity index (χ0n) is 16.6. The number of nitrogens with zero attached hydrogens (tertiary/aromatic N) is 3. The Kier molecular flexibility index (Phi) is 7.52. The lowest BCUT2D eigenvalue weighted by atomic mass is 10.2. The molecule has 0 fully saturated rings. The molecular formula is C18H22N4O7. The van der Waals surface area contributed by atoms with Gasteiger partial charge in [-0.05, 0) is 26.0 Å². The molecule has 0 bridgehead atoms. The van der Waals surface area contributed by atoms with Crippen molar-refractivity contribution >= 4 is 23.5 Å². The fourth-order valence-corrected chi connectivity index (χ4v) is 2.39. The Balaban J connectivity index is 2.26. The topological polar surface area (TPSA) is 131 Å². The van der Waals surface area contributed by atoms with Crippen LogP contribution in [-0.4, -0.2) is 60.3 Å². The van der Waals surface area contributed by atoms with E-state index in [9.17, 15) is 14.4 Å². The predicted molar refractivity (Wildman–Crippen MR) is 100 cm³/mol. The summed E-state index contributed by atoms with van der Waals surface area (Å²) in [6, 6.07) is 4.86. The molecule has 0 unspecified atom stereocenters. The second kappa shape index (κ2) is 10.1. The van der Waals surface area contributed by atoms with Crippen molar-refractivity contribution in [2.75, 3.05) is 32.8 Å². The fraction of sp³-hybridized carbons (Fsp3) is 0.389.